The standard InChI is InChI=1S/C24H28O3/c1-5-7-8-9-10-16-26-22-14-12-20-19-11-13-21(25-15-6-2)17(3)23(19)27-24(20)18(22)4/h11-14H,5,7-10,16H2,1-4H3. The van der Waals surface area contributed by atoms with E-state index in [2.05, 4.69) is 38.0 Å². The van der Waals surface area contributed by atoms with E-state index in [-0.39, 0.29) is 0 Å². The summed E-state index contributed by atoms with van der Waals surface area (Å²) in [6.45, 7) is 8.80. The highest BCUT2D eigenvalue weighted by Crippen LogP contribution is 2.38. The van der Waals surface area contributed by atoms with Crippen LogP contribution in [0.2, 0.25) is 0 Å². The first kappa shape index (κ1) is 19.2. The van der Waals surface area contributed by atoms with E-state index in [0.29, 0.717) is 0 Å². The second kappa shape index (κ2) is 8.86. The zero-order valence-corrected chi connectivity index (χ0v) is 16.8. The van der Waals surface area contributed by atoms with E-state index in [9.17, 15) is 0 Å². The fourth-order valence-electron chi connectivity index (χ4n) is 3.40. The van der Waals surface area contributed by atoms with E-state index in [0.717, 1.165) is 57.6 Å². The number of fused-ring (bicyclic) bond motifs is 3. The normalized spacial score (nSPS) is 10.8. The lowest BCUT2D eigenvalue weighted by molar-refractivity contribution is 0.302. The Kier molecular flexibility index (Phi) is 6.29. The lowest BCUT2D eigenvalue weighted by atomic mass is 10.1. The lowest BCUT2D eigenvalue weighted by Crippen LogP contribution is -1.98. The molecule has 3 nitrogen and oxygen atoms in total. The van der Waals surface area contributed by atoms with Gasteiger partial charge in [-0.2, -0.15) is 0 Å². The molecule has 3 heteroatoms. The van der Waals surface area contributed by atoms with Crippen LogP contribution < -0.4 is 9.47 Å². The summed E-state index contributed by atoms with van der Waals surface area (Å²) in [6.07, 6.45) is 8.83. The Hall–Kier alpha value is -2.60. The molecule has 1 heterocycles. The van der Waals surface area contributed by atoms with E-state index in [1.165, 1.54) is 25.7 Å². The van der Waals surface area contributed by atoms with Crippen molar-refractivity contribution in [1.29, 1.82) is 0 Å². The number of ether oxygens (including phenoxy) is 2. The van der Waals surface area contributed by atoms with Gasteiger partial charge in [-0.3, -0.25) is 0 Å². The number of unbranched alkanes of at least 4 members (excludes halogenated alkanes) is 4. The van der Waals surface area contributed by atoms with Gasteiger partial charge in [0.1, 0.15) is 28.8 Å². The van der Waals surface area contributed by atoms with Crippen molar-refractivity contribution in [2.45, 2.75) is 59.8 Å². The molecule has 1 aromatic heterocycles. The Morgan fingerprint density at radius 2 is 1.48 bits per heavy atom. The third-order valence-corrected chi connectivity index (χ3v) is 4.98. The Labute approximate surface area is 161 Å². The van der Waals surface area contributed by atoms with Gasteiger partial charge in [-0.1, -0.05) is 38.5 Å². The molecule has 0 radical (unpaired) electrons. The van der Waals surface area contributed by atoms with Crippen LogP contribution in [0.5, 0.6) is 11.5 Å². The zero-order valence-electron chi connectivity index (χ0n) is 16.8. The van der Waals surface area contributed by atoms with Gasteiger partial charge < -0.3 is 13.9 Å². The number of furan rings is 1. The molecule has 0 saturated heterocycles. The quantitative estimate of drug-likeness (QED) is 0.321. The van der Waals surface area contributed by atoms with Gasteiger partial charge in [0, 0.05) is 28.8 Å². The summed E-state index contributed by atoms with van der Waals surface area (Å²) in [5.74, 6) is 4.39. The molecular formula is C24H28O3. The van der Waals surface area contributed by atoms with Crippen LogP contribution in [0.4, 0.5) is 0 Å². The molecular weight excluding hydrogens is 336 g/mol. The van der Waals surface area contributed by atoms with E-state index >= 15 is 0 Å². The molecule has 0 bridgehead atoms. The fourth-order valence-corrected chi connectivity index (χ4v) is 3.40. The largest absolute Gasteiger partial charge is 0.493 e. The Morgan fingerprint density at radius 1 is 0.852 bits per heavy atom. The first-order valence-electron chi connectivity index (χ1n) is 9.84. The van der Waals surface area contributed by atoms with Crippen LogP contribution in [-0.4, -0.2) is 6.61 Å². The maximum Gasteiger partial charge on any atom is 0.146 e. The highest BCUT2D eigenvalue weighted by molar-refractivity contribution is 6.07. The maximum absolute atomic E-state index is 6.23. The van der Waals surface area contributed by atoms with Crippen molar-refractivity contribution >= 4 is 21.9 Å². The molecule has 2 aromatic carbocycles. The van der Waals surface area contributed by atoms with Crippen LogP contribution in [0.3, 0.4) is 0 Å². The molecule has 0 aliphatic carbocycles. The molecule has 3 rings (SSSR count). The lowest BCUT2D eigenvalue weighted by Gasteiger charge is -2.09. The van der Waals surface area contributed by atoms with Crippen molar-refractivity contribution in [3.63, 3.8) is 0 Å². The molecule has 0 N–H and O–H groups in total. The number of hydrogen-bond donors (Lipinski definition) is 0. The number of aryl methyl sites for hydroxylation is 2. The molecule has 0 aliphatic heterocycles. The summed E-state index contributed by atoms with van der Waals surface area (Å²) >= 11 is 0. The topological polar surface area (TPSA) is 31.6 Å². The summed E-state index contributed by atoms with van der Waals surface area (Å²) in [5.41, 5.74) is 3.74. The zero-order chi connectivity index (χ0) is 19.2. The summed E-state index contributed by atoms with van der Waals surface area (Å²) in [5, 5.41) is 2.20. The summed E-state index contributed by atoms with van der Waals surface area (Å²) < 4.78 is 17.7. The average Bonchev–Trinajstić information content (AvgIpc) is 3.06. The number of benzene rings is 2. The minimum absolute atomic E-state index is 0.733. The van der Waals surface area contributed by atoms with Gasteiger partial charge in [0.2, 0.25) is 0 Å². The highest BCUT2D eigenvalue weighted by Gasteiger charge is 2.16. The van der Waals surface area contributed by atoms with Crippen LogP contribution in [0.1, 0.15) is 57.1 Å². The molecule has 0 amide bonds. The Morgan fingerprint density at radius 3 is 2.15 bits per heavy atom. The van der Waals surface area contributed by atoms with Crippen molar-refractivity contribution in [3.8, 4) is 23.5 Å². The Bertz CT molecular complexity index is 986. The second-order valence-electron chi connectivity index (χ2n) is 6.95. The monoisotopic (exact) mass is 364 g/mol. The van der Waals surface area contributed by atoms with E-state index in [4.69, 9.17) is 13.9 Å². The SMILES string of the molecule is CC#COc1ccc2c(oc3c(C)c(OCCCCCCC)ccc32)c1C. The van der Waals surface area contributed by atoms with Crippen molar-refractivity contribution in [2.24, 2.45) is 0 Å². The van der Waals surface area contributed by atoms with Gasteiger partial charge in [-0.25, -0.2) is 0 Å². The van der Waals surface area contributed by atoms with Gasteiger partial charge in [0.25, 0.3) is 0 Å². The van der Waals surface area contributed by atoms with Crippen molar-refractivity contribution in [3.05, 3.63) is 35.4 Å². The summed E-state index contributed by atoms with van der Waals surface area (Å²) in [7, 11) is 0. The van der Waals surface area contributed by atoms with Gasteiger partial charge in [0.15, 0.2) is 0 Å². The van der Waals surface area contributed by atoms with E-state index < -0.39 is 0 Å². The van der Waals surface area contributed by atoms with Gasteiger partial charge in [-0.15, -0.1) is 0 Å². The molecule has 0 spiro atoms. The summed E-state index contributed by atoms with van der Waals surface area (Å²) in [4.78, 5) is 0. The number of hydrogen-bond acceptors (Lipinski definition) is 3. The fraction of sp³-hybridized carbons (Fsp3) is 0.417. The van der Waals surface area contributed by atoms with Gasteiger partial charge >= 0.3 is 0 Å². The van der Waals surface area contributed by atoms with Crippen LogP contribution in [0.15, 0.2) is 28.7 Å². The summed E-state index contributed by atoms with van der Waals surface area (Å²) in [6, 6.07) is 8.13. The average molecular weight is 364 g/mol. The first-order valence-corrected chi connectivity index (χ1v) is 9.84. The molecule has 0 saturated carbocycles. The second-order valence-corrected chi connectivity index (χ2v) is 6.95. The number of rotatable bonds is 8. The van der Waals surface area contributed by atoms with Crippen LogP contribution >= 0.6 is 0 Å². The van der Waals surface area contributed by atoms with Gasteiger partial charge in [0.05, 0.1) is 6.61 Å². The highest BCUT2D eigenvalue weighted by atomic mass is 16.5. The van der Waals surface area contributed by atoms with Crippen LogP contribution in [0.25, 0.3) is 21.9 Å². The third kappa shape index (κ3) is 4.06. The third-order valence-electron chi connectivity index (χ3n) is 4.98. The van der Waals surface area contributed by atoms with Crippen LogP contribution in [0, 0.1) is 25.9 Å². The smallest absolute Gasteiger partial charge is 0.146 e. The van der Waals surface area contributed by atoms with Crippen molar-refractivity contribution in [2.75, 3.05) is 6.61 Å². The first-order chi connectivity index (χ1) is 13.2. The molecule has 0 unspecified atom stereocenters. The molecule has 142 valence electrons. The van der Waals surface area contributed by atoms with E-state index in [1.54, 1.807) is 6.92 Å². The Balaban J connectivity index is 1.85. The minimum atomic E-state index is 0.733. The predicted octanol–water partition coefficient (Wildman–Crippen LogP) is 6.91. The molecule has 3 aromatic rings. The predicted molar refractivity (Wildman–Crippen MR) is 112 cm³/mol. The van der Waals surface area contributed by atoms with E-state index in [1.807, 2.05) is 19.1 Å². The van der Waals surface area contributed by atoms with Crippen molar-refractivity contribution in [1.82, 2.24) is 0 Å². The molecule has 27 heavy (non-hydrogen) atoms. The molecule has 0 fully saturated rings. The maximum atomic E-state index is 6.23. The molecule has 0 atom stereocenters. The van der Waals surface area contributed by atoms with Gasteiger partial charge in [-0.05, 0) is 44.5 Å². The van der Waals surface area contributed by atoms with Crippen molar-refractivity contribution < 1.29 is 13.9 Å². The van der Waals surface area contributed by atoms with Crippen LogP contribution in [-0.2, 0) is 0 Å². The minimum Gasteiger partial charge on any atom is -0.493 e. The molecule has 0 aliphatic rings.